The van der Waals surface area contributed by atoms with Gasteiger partial charge in [0.2, 0.25) is 5.89 Å². The average molecular weight is 291 g/mol. The van der Waals surface area contributed by atoms with Crippen LogP contribution in [0.1, 0.15) is 70.1 Å². The van der Waals surface area contributed by atoms with Crippen LogP contribution in [0.5, 0.6) is 0 Å². The summed E-state index contributed by atoms with van der Waals surface area (Å²) in [6, 6.07) is 0.851. The molecule has 2 aliphatic rings. The number of oxazole rings is 1. The lowest BCUT2D eigenvalue weighted by molar-refractivity contribution is 0.0190. The Bertz CT molecular complexity index is 464. The Labute approximate surface area is 128 Å². The molecule has 1 spiro atoms. The second kappa shape index (κ2) is 6.09. The molecule has 2 unspecified atom stereocenters. The maximum atomic E-state index is 5.79. The third-order valence-electron chi connectivity index (χ3n) is 5.44. The molecule has 0 bridgehead atoms. The summed E-state index contributed by atoms with van der Waals surface area (Å²) in [5.74, 6) is 1.78. The fraction of sp³-hybridized carbons (Fsp3) is 0.824. The van der Waals surface area contributed by atoms with Crippen LogP contribution >= 0.6 is 0 Å². The van der Waals surface area contributed by atoms with Crippen LogP contribution in [0, 0.1) is 6.92 Å². The van der Waals surface area contributed by atoms with Crippen LogP contribution in [-0.4, -0.2) is 34.6 Å². The first kappa shape index (κ1) is 15.0. The van der Waals surface area contributed by atoms with Gasteiger partial charge in [-0.25, -0.2) is 4.98 Å². The first-order valence-electron chi connectivity index (χ1n) is 8.57. The summed E-state index contributed by atoms with van der Waals surface area (Å²) in [4.78, 5) is 7.10. The van der Waals surface area contributed by atoms with Crippen molar-refractivity contribution in [2.45, 2.75) is 76.9 Å². The number of hydrogen-bond donors (Lipinski definition) is 1. The number of piperazine rings is 1. The van der Waals surface area contributed by atoms with Gasteiger partial charge >= 0.3 is 0 Å². The molecular formula is C17H29N3O. The minimum atomic E-state index is 0.268. The van der Waals surface area contributed by atoms with Gasteiger partial charge in [-0.2, -0.15) is 0 Å². The third-order valence-corrected chi connectivity index (χ3v) is 5.44. The van der Waals surface area contributed by atoms with Crippen molar-refractivity contribution in [1.82, 2.24) is 15.2 Å². The molecular weight excluding hydrogens is 262 g/mol. The standard InChI is InChI=1S/C17H29N3O/c1-4-15-11-19-17(8-6-5-7-9-17)12-20(15)14(3)16-18-10-13(2)21-16/h10,14-15,19H,4-9,11-12H2,1-3H3. The van der Waals surface area contributed by atoms with E-state index in [2.05, 4.69) is 29.0 Å². The Balaban J connectivity index is 1.78. The van der Waals surface area contributed by atoms with E-state index < -0.39 is 0 Å². The van der Waals surface area contributed by atoms with Gasteiger partial charge in [0.25, 0.3) is 0 Å². The van der Waals surface area contributed by atoms with E-state index in [1.165, 1.54) is 38.5 Å². The molecule has 1 aromatic rings. The van der Waals surface area contributed by atoms with Crippen molar-refractivity contribution >= 4 is 0 Å². The van der Waals surface area contributed by atoms with Gasteiger partial charge in [0.05, 0.1) is 12.2 Å². The van der Waals surface area contributed by atoms with Gasteiger partial charge in [0.15, 0.2) is 0 Å². The fourth-order valence-corrected chi connectivity index (χ4v) is 4.09. The molecule has 3 rings (SSSR count). The lowest BCUT2D eigenvalue weighted by atomic mass is 9.79. The minimum Gasteiger partial charge on any atom is -0.444 e. The predicted octanol–water partition coefficient (Wildman–Crippen LogP) is 3.43. The van der Waals surface area contributed by atoms with Gasteiger partial charge in [-0.1, -0.05) is 26.2 Å². The zero-order valence-electron chi connectivity index (χ0n) is 13.7. The molecule has 118 valence electrons. The van der Waals surface area contributed by atoms with Crippen molar-refractivity contribution in [2.75, 3.05) is 13.1 Å². The summed E-state index contributed by atoms with van der Waals surface area (Å²) < 4.78 is 5.79. The van der Waals surface area contributed by atoms with Gasteiger partial charge in [0.1, 0.15) is 5.76 Å². The molecule has 4 nitrogen and oxygen atoms in total. The van der Waals surface area contributed by atoms with Crippen LogP contribution in [-0.2, 0) is 0 Å². The Morgan fingerprint density at radius 3 is 2.81 bits per heavy atom. The molecule has 0 aromatic carbocycles. The first-order valence-corrected chi connectivity index (χ1v) is 8.57. The maximum Gasteiger partial charge on any atom is 0.211 e. The molecule has 4 heteroatoms. The van der Waals surface area contributed by atoms with Crippen LogP contribution < -0.4 is 5.32 Å². The smallest absolute Gasteiger partial charge is 0.211 e. The highest BCUT2D eigenvalue weighted by molar-refractivity contribution is 5.04. The van der Waals surface area contributed by atoms with Gasteiger partial charge in [-0.3, -0.25) is 4.90 Å². The summed E-state index contributed by atoms with van der Waals surface area (Å²) in [7, 11) is 0. The molecule has 0 radical (unpaired) electrons. The van der Waals surface area contributed by atoms with Crippen molar-refractivity contribution in [3.8, 4) is 0 Å². The molecule has 1 aliphatic carbocycles. The van der Waals surface area contributed by atoms with E-state index in [1.807, 2.05) is 13.1 Å². The number of nitrogens with one attached hydrogen (secondary N) is 1. The number of aryl methyl sites for hydroxylation is 1. The van der Waals surface area contributed by atoms with Crippen LogP contribution in [0.3, 0.4) is 0 Å². The fourth-order valence-electron chi connectivity index (χ4n) is 4.09. The number of aromatic nitrogens is 1. The normalized spacial score (nSPS) is 27.9. The van der Waals surface area contributed by atoms with E-state index in [-0.39, 0.29) is 6.04 Å². The molecule has 1 aliphatic heterocycles. The van der Waals surface area contributed by atoms with Crippen molar-refractivity contribution in [1.29, 1.82) is 0 Å². The predicted molar refractivity (Wildman–Crippen MR) is 84.3 cm³/mol. The van der Waals surface area contributed by atoms with E-state index in [1.54, 1.807) is 0 Å². The average Bonchev–Trinajstić information content (AvgIpc) is 2.94. The monoisotopic (exact) mass is 291 g/mol. The highest BCUT2D eigenvalue weighted by atomic mass is 16.4. The zero-order chi connectivity index (χ0) is 14.9. The highest BCUT2D eigenvalue weighted by Gasteiger charge is 2.41. The van der Waals surface area contributed by atoms with Gasteiger partial charge in [-0.15, -0.1) is 0 Å². The Morgan fingerprint density at radius 2 is 2.19 bits per heavy atom. The Hall–Kier alpha value is -0.870. The number of rotatable bonds is 3. The van der Waals surface area contributed by atoms with E-state index in [0.717, 1.165) is 24.7 Å². The van der Waals surface area contributed by atoms with Gasteiger partial charge in [-0.05, 0) is 33.1 Å². The number of hydrogen-bond acceptors (Lipinski definition) is 4. The van der Waals surface area contributed by atoms with Crippen molar-refractivity contribution in [3.63, 3.8) is 0 Å². The topological polar surface area (TPSA) is 41.3 Å². The molecule has 1 N–H and O–H groups in total. The van der Waals surface area contributed by atoms with E-state index >= 15 is 0 Å². The lowest BCUT2D eigenvalue weighted by Crippen LogP contribution is -2.64. The molecule has 2 fully saturated rings. The zero-order valence-corrected chi connectivity index (χ0v) is 13.7. The molecule has 21 heavy (non-hydrogen) atoms. The molecule has 2 atom stereocenters. The van der Waals surface area contributed by atoms with Gasteiger partial charge < -0.3 is 9.73 Å². The van der Waals surface area contributed by atoms with Gasteiger partial charge in [0, 0.05) is 24.7 Å². The molecule has 1 aromatic heterocycles. The molecule has 0 amide bonds. The molecule has 1 saturated carbocycles. The summed E-state index contributed by atoms with van der Waals surface area (Å²) in [6.45, 7) is 8.73. The first-order chi connectivity index (χ1) is 10.1. The third kappa shape index (κ3) is 3.02. The molecule has 2 heterocycles. The quantitative estimate of drug-likeness (QED) is 0.926. The number of nitrogens with zero attached hydrogens (tertiary/aromatic N) is 2. The van der Waals surface area contributed by atoms with Crippen LogP contribution in [0.2, 0.25) is 0 Å². The summed E-state index contributed by atoms with van der Waals surface area (Å²) in [5, 5.41) is 3.88. The van der Waals surface area contributed by atoms with Crippen LogP contribution in [0.4, 0.5) is 0 Å². The van der Waals surface area contributed by atoms with E-state index in [4.69, 9.17) is 4.42 Å². The van der Waals surface area contributed by atoms with Crippen molar-refractivity contribution in [3.05, 3.63) is 17.8 Å². The lowest BCUT2D eigenvalue weighted by Gasteiger charge is -2.51. The SMILES string of the molecule is CCC1CNC2(CCCCC2)CN1C(C)c1ncc(C)o1. The summed E-state index contributed by atoms with van der Waals surface area (Å²) >= 11 is 0. The second-order valence-corrected chi connectivity index (χ2v) is 6.94. The highest BCUT2D eigenvalue weighted by Crippen LogP contribution is 2.35. The van der Waals surface area contributed by atoms with E-state index in [0.29, 0.717) is 11.6 Å². The van der Waals surface area contributed by atoms with Crippen molar-refractivity contribution < 1.29 is 4.42 Å². The summed E-state index contributed by atoms with van der Waals surface area (Å²) in [5.41, 5.74) is 0.333. The Morgan fingerprint density at radius 1 is 1.43 bits per heavy atom. The molecule has 1 saturated heterocycles. The maximum absolute atomic E-state index is 5.79. The van der Waals surface area contributed by atoms with Crippen LogP contribution in [0.15, 0.2) is 10.6 Å². The van der Waals surface area contributed by atoms with E-state index in [9.17, 15) is 0 Å². The van der Waals surface area contributed by atoms with Crippen LogP contribution in [0.25, 0.3) is 0 Å². The largest absolute Gasteiger partial charge is 0.444 e. The Kier molecular flexibility index (Phi) is 4.36. The summed E-state index contributed by atoms with van der Waals surface area (Å²) in [6.07, 6.45) is 9.77. The van der Waals surface area contributed by atoms with Crippen molar-refractivity contribution in [2.24, 2.45) is 0 Å². The second-order valence-electron chi connectivity index (χ2n) is 6.94. The minimum absolute atomic E-state index is 0.268.